The number of rotatable bonds is 13. The number of hydrogen-bond acceptors (Lipinski definition) is 4. The summed E-state index contributed by atoms with van der Waals surface area (Å²) in [5.74, 6) is 1.96. The summed E-state index contributed by atoms with van der Waals surface area (Å²) in [6.45, 7) is 23.6. The summed E-state index contributed by atoms with van der Waals surface area (Å²) < 4.78 is 5.71. The molecule has 0 bridgehead atoms. The zero-order chi connectivity index (χ0) is 29.3. The molecule has 4 heteroatoms. The Morgan fingerprint density at radius 3 is 2.38 bits per heavy atom. The molecule has 0 radical (unpaired) electrons. The van der Waals surface area contributed by atoms with Gasteiger partial charge in [0.2, 0.25) is 0 Å². The molecule has 2 aliphatic carbocycles. The highest BCUT2D eigenvalue weighted by Crippen LogP contribution is 2.66. The third kappa shape index (κ3) is 6.57. The molecule has 1 N–H and O–H groups in total. The Morgan fingerprint density at radius 1 is 1.10 bits per heavy atom. The minimum Gasteiger partial charge on any atom is -0.396 e. The number of aliphatic hydroxyl groups is 1. The van der Waals surface area contributed by atoms with E-state index in [9.17, 15) is 9.90 Å². The second-order valence-corrected chi connectivity index (χ2v) is 15.7. The molecule has 1 saturated carbocycles. The number of aromatic nitrogens is 1. The summed E-state index contributed by atoms with van der Waals surface area (Å²) in [6, 6.07) is 0. The quantitative estimate of drug-likeness (QED) is 0.253. The molecular weight excluding hydrogens is 482 g/mol. The third-order valence-corrected chi connectivity index (χ3v) is 11.7. The highest BCUT2D eigenvalue weighted by Gasteiger charge is 2.58. The Labute approximate surface area is 239 Å². The Bertz CT molecular complexity index is 1020. The fraction of sp³-hybridized carbons (Fsp3) is 0.829. The largest absolute Gasteiger partial charge is 0.396 e. The minimum atomic E-state index is -0.0850. The van der Waals surface area contributed by atoms with E-state index in [0.717, 1.165) is 50.7 Å². The minimum absolute atomic E-state index is 0.0276. The predicted octanol–water partition coefficient (Wildman–Crippen LogP) is 9.46. The number of carbonyl (C=O) groups excluding carboxylic acids is 1. The normalized spacial score (nSPS) is 30.1. The number of ketones is 1. The molecule has 2 aliphatic rings. The van der Waals surface area contributed by atoms with E-state index in [-0.39, 0.29) is 34.1 Å². The van der Waals surface area contributed by atoms with Gasteiger partial charge >= 0.3 is 0 Å². The number of aliphatic hydroxyl groups excluding tert-OH is 1. The average molecular weight is 542 g/mol. The van der Waals surface area contributed by atoms with Gasteiger partial charge in [0.15, 0.2) is 5.78 Å². The molecule has 1 heterocycles. The van der Waals surface area contributed by atoms with E-state index in [1.165, 1.54) is 36.8 Å². The van der Waals surface area contributed by atoms with E-state index in [4.69, 9.17) is 4.52 Å². The van der Waals surface area contributed by atoms with Crippen LogP contribution in [-0.4, -0.2) is 22.7 Å². The smallest absolute Gasteiger partial charge is 0.152 e. The van der Waals surface area contributed by atoms with Crippen molar-refractivity contribution in [2.24, 2.45) is 33.0 Å². The van der Waals surface area contributed by atoms with Crippen LogP contribution in [0, 0.1) is 33.0 Å². The molecule has 3 rings (SSSR count). The highest BCUT2D eigenvalue weighted by atomic mass is 16.5. The molecule has 1 fully saturated rings. The first-order valence-electron chi connectivity index (χ1n) is 15.8. The van der Waals surface area contributed by atoms with Crippen molar-refractivity contribution in [2.75, 3.05) is 6.61 Å². The molecule has 4 nitrogen and oxygen atoms in total. The maximum Gasteiger partial charge on any atom is 0.152 e. The van der Waals surface area contributed by atoms with E-state index in [2.05, 4.69) is 67.5 Å². The summed E-state index contributed by atoms with van der Waals surface area (Å²) in [7, 11) is 0. The van der Waals surface area contributed by atoms with Gasteiger partial charge in [0.1, 0.15) is 5.76 Å². The monoisotopic (exact) mass is 541 g/mol. The topological polar surface area (TPSA) is 63.3 Å². The van der Waals surface area contributed by atoms with Gasteiger partial charge < -0.3 is 9.63 Å². The van der Waals surface area contributed by atoms with E-state index in [0.29, 0.717) is 17.3 Å². The van der Waals surface area contributed by atoms with Crippen molar-refractivity contribution in [3.05, 3.63) is 29.2 Å². The Hall–Kier alpha value is -1.42. The van der Waals surface area contributed by atoms with Crippen molar-refractivity contribution in [1.82, 2.24) is 5.16 Å². The van der Waals surface area contributed by atoms with Gasteiger partial charge in [-0.3, -0.25) is 4.79 Å². The predicted molar refractivity (Wildman–Crippen MR) is 162 cm³/mol. The van der Waals surface area contributed by atoms with Gasteiger partial charge in [0, 0.05) is 18.1 Å². The van der Waals surface area contributed by atoms with Crippen LogP contribution in [0.15, 0.2) is 22.4 Å². The molecule has 0 spiro atoms. The maximum atomic E-state index is 12.8. The summed E-state index contributed by atoms with van der Waals surface area (Å²) in [4.78, 5) is 12.8. The van der Waals surface area contributed by atoms with Crippen LogP contribution < -0.4 is 0 Å². The van der Waals surface area contributed by atoms with E-state index in [1.807, 2.05) is 12.3 Å². The molecule has 1 aromatic rings. The van der Waals surface area contributed by atoms with Crippen LogP contribution in [0.2, 0.25) is 0 Å². The molecule has 1 aromatic heterocycles. The van der Waals surface area contributed by atoms with Gasteiger partial charge in [-0.25, -0.2) is 0 Å². The van der Waals surface area contributed by atoms with Crippen LogP contribution in [0.1, 0.15) is 151 Å². The fourth-order valence-corrected chi connectivity index (χ4v) is 8.55. The lowest BCUT2D eigenvalue weighted by molar-refractivity contribution is -0.113. The lowest BCUT2D eigenvalue weighted by Gasteiger charge is -2.60. The van der Waals surface area contributed by atoms with Crippen LogP contribution in [-0.2, 0) is 11.2 Å². The first-order chi connectivity index (χ1) is 18.0. The lowest BCUT2D eigenvalue weighted by Crippen LogP contribution is -2.52. The van der Waals surface area contributed by atoms with Gasteiger partial charge in [-0.2, -0.15) is 0 Å². The Kier molecular flexibility index (Phi) is 9.73. The zero-order valence-corrected chi connectivity index (χ0v) is 27.0. The van der Waals surface area contributed by atoms with Crippen molar-refractivity contribution in [3.8, 4) is 0 Å². The van der Waals surface area contributed by atoms with Crippen LogP contribution in [0.25, 0.3) is 0 Å². The summed E-state index contributed by atoms with van der Waals surface area (Å²) >= 11 is 0. The van der Waals surface area contributed by atoms with Crippen molar-refractivity contribution in [3.63, 3.8) is 0 Å². The molecule has 222 valence electrons. The molecule has 0 unspecified atom stereocenters. The van der Waals surface area contributed by atoms with Gasteiger partial charge in [0.05, 0.1) is 6.20 Å². The molecule has 5 atom stereocenters. The van der Waals surface area contributed by atoms with Crippen LogP contribution in [0.4, 0.5) is 0 Å². The van der Waals surface area contributed by atoms with Crippen LogP contribution in [0.5, 0.6) is 0 Å². The number of fused-ring (bicyclic) bond motifs is 2. The molecule has 0 amide bonds. The summed E-state index contributed by atoms with van der Waals surface area (Å²) in [5, 5.41) is 13.9. The van der Waals surface area contributed by atoms with Crippen LogP contribution >= 0.6 is 0 Å². The first kappa shape index (κ1) is 32.1. The average Bonchev–Trinajstić information content (AvgIpc) is 3.31. The van der Waals surface area contributed by atoms with Gasteiger partial charge in [0.25, 0.3) is 0 Å². The van der Waals surface area contributed by atoms with Gasteiger partial charge in [-0.15, -0.1) is 0 Å². The molecule has 39 heavy (non-hydrogen) atoms. The van der Waals surface area contributed by atoms with E-state index in [1.54, 1.807) is 6.92 Å². The Morgan fingerprint density at radius 2 is 1.77 bits per heavy atom. The second-order valence-electron chi connectivity index (χ2n) is 15.7. The van der Waals surface area contributed by atoms with Crippen molar-refractivity contribution >= 4 is 5.78 Å². The SMILES string of the molecule is CCCC(C)(C)CC[C@](C)(CCCO)CCC(C)(C)[C@]1(C)CC[C@H]2[C@H](C)c3oncc3C[C@]2(C)/C1=C/C(C)=O. The highest BCUT2D eigenvalue weighted by molar-refractivity contribution is 5.88. The van der Waals surface area contributed by atoms with Crippen LogP contribution in [0.3, 0.4) is 0 Å². The molecular formula is C35H59NO3. The van der Waals surface area contributed by atoms with Crippen molar-refractivity contribution in [1.29, 1.82) is 0 Å². The second kappa shape index (κ2) is 11.8. The fourth-order valence-electron chi connectivity index (χ4n) is 8.55. The van der Waals surface area contributed by atoms with E-state index >= 15 is 0 Å². The number of nitrogens with zero attached hydrogens (tertiary/aromatic N) is 1. The molecule has 0 saturated heterocycles. The van der Waals surface area contributed by atoms with Gasteiger partial charge in [-0.05, 0) is 110 Å². The number of carbonyl (C=O) groups is 1. The number of hydrogen-bond donors (Lipinski definition) is 1. The molecule has 0 aromatic carbocycles. The lowest BCUT2D eigenvalue weighted by atomic mass is 9.43. The third-order valence-electron chi connectivity index (χ3n) is 11.7. The van der Waals surface area contributed by atoms with E-state index < -0.39 is 0 Å². The molecule has 0 aliphatic heterocycles. The summed E-state index contributed by atoms with van der Waals surface area (Å²) in [6.07, 6.45) is 16.2. The zero-order valence-electron chi connectivity index (χ0n) is 27.0. The number of allylic oxidation sites excluding steroid dienone is 2. The van der Waals surface area contributed by atoms with Gasteiger partial charge in [-0.1, -0.05) is 79.5 Å². The summed E-state index contributed by atoms with van der Waals surface area (Å²) in [5.41, 5.74) is 3.01. The van der Waals surface area contributed by atoms with Crippen molar-refractivity contribution in [2.45, 2.75) is 146 Å². The maximum absolute atomic E-state index is 12.8. The standard InChI is InChI=1S/C35H59NO3/c1-11-14-31(4,5)17-19-33(8,15-12-21-37)20-18-32(6,7)35(10)16-13-28-26(3)30-27(24-36-39-30)23-34(28,9)29(35)22-25(2)38/h22,24,26,28,37H,11-21,23H2,1-10H3/b29-22-/t26-,28-,33-,34-,35+/m0/s1. The Balaban J connectivity index is 1.91. The van der Waals surface area contributed by atoms with Crippen molar-refractivity contribution < 1.29 is 14.4 Å². The first-order valence-corrected chi connectivity index (χ1v) is 15.8.